The minimum Gasteiger partial charge on any atom is -0.494 e. The van der Waals surface area contributed by atoms with E-state index in [4.69, 9.17) is 10.5 Å². The van der Waals surface area contributed by atoms with Crippen molar-refractivity contribution >= 4 is 5.78 Å². The fourth-order valence-corrected chi connectivity index (χ4v) is 1.79. The van der Waals surface area contributed by atoms with Gasteiger partial charge < -0.3 is 10.5 Å². The lowest BCUT2D eigenvalue weighted by atomic mass is 10.0. The van der Waals surface area contributed by atoms with Crippen LogP contribution in [-0.2, 0) is 0 Å². The molecule has 0 amide bonds. The molecule has 0 radical (unpaired) electrons. The van der Waals surface area contributed by atoms with Gasteiger partial charge in [-0.25, -0.2) is 0 Å². The molecule has 3 heteroatoms. The van der Waals surface area contributed by atoms with Gasteiger partial charge in [0.25, 0.3) is 0 Å². The second kappa shape index (κ2) is 7.88. The monoisotopic (exact) mass is 249 g/mol. The van der Waals surface area contributed by atoms with E-state index < -0.39 is 0 Å². The van der Waals surface area contributed by atoms with Crippen molar-refractivity contribution in [2.75, 3.05) is 6.61 Å². The van der Waals surface area contributed by atoms with Crippen molar-refractivity contribution in [1.82, 2.24) is 0 Å². The zero-order chi connectivity index (χ0) is 13.4. The predicted molar refractivity (Wildman–Crippen MR) is 74.1 cm³/mol. The normalized spacial score (nSPS) is 12.2. The highest BCUT2D eigenvalue weighted by Crippen LogP contribution is 2.14. The van der Waals surface area contributed by atoms with Crippen LogP contribution in [0.2, 0.25) is 0 Å². The number of rotatable bonds is 8. The Bertz CT molecular complexity index is 359. The SMILES string of the molecule is CCCOc1ccc(C(=O)CC(N)CCC)cc1. The second-order valence-electron chi connectivity index (χ2n) is 4.55. The fraction of sp³-hybridized carbons (Fsp3) is 0.533. The van der Waals surface area contributed by atoms with Crippen molar-refractivity contribution in [3.8, 4) is 5.75 Å². The first kappa shape index (κ1) is 14.7. The van der Waals surface area contributed by atoms with Gasteiger partial charge in [0.1, 0.15) is 5.75 Å². The molecule has 0 bridgehead atoms. The number of hydrogen-bond donors (Lipinski definition) is 1. The first-order valence-corrected chi connectivity index (χ1v) is 6.69. The van der Waals surface area contributed by atoms with Gasteiger partial charge in [0.05, 0.1) is 6.61 Å². The van der Waals surface area contributed by atoms with Gasteiger partial charge in [0, 0.05) is 18.0 Å². The van der Waals surface area contributed by atoms with Crippen LogP contribution < -0.4 is 10.5 Å². The van der Waals surface area contributed by atoms with E-state index in [9.17, 15) is 4.79 Å². The van der Waals surface area contributed by atoms with Crippen molar-refractivity contribution in [3.05, 3.63) is 29.8 Å². The largest absolute Gasteiger partial charge is 0.494 e. The van der Waals surface area contributed by atoms with Crippen LogP contribution in [0.25, 0.3) is 0 Å². The third-order valence-corrected chi connectivity index (χ3v) is 2.76. The lowest BCUT2D eigenvalue weighted by molar-refractivity contribution is 0.0973. The number of hydrogen-bond acceptors (Lipinski definition) is 3. The van der Waals surface area contributed by atoms with Crippen molar-refractivity contribution < 1.29 is 9.53 Å². The van der Waals surface area contributed by atoms with Crippen molar-refractivity contribution in [2.24, 2.45) is 5.73 Å². The molecule has 18 heavy (non-hydrogen) atoms. The highest BCUT2D eigenvalue weighted by molar-refractivity contribution is 5.96. The Morgan fingerprint density at radius 2 is 1.89 bits per heavy atom. The van der Waals surface area contributed by atoms with E-state index in [-0.39, 0.29) is 11.8 Å². The fourth-order valence-electron chi connectivity index (χ4n) is 1.79. The molecule has 3 nitrogen and oxygen atoms in total. The van der Waals surface area contributed by atoms with Crippen LogP contribution in [0, 0.1) is 0 Å². The molecule has 1 atom stereocenters. The molecule has 1 aromatic carbocycles. The number of ether oxygens (including phenoxy) is 1. The Balaban J connectivity index is 2.53. The number of ketones is 1. The molecule has 1 rings (SSSR count). The van der Waals surface area contributed by atoms with Crippen LogP contribution in [0.4, 0.5) is 0 Å². The number of Topliss-reactive ketones (excluding diaryl/α,β-unsaturated/α-hetero) is 1. The summed E-state index contributed by atoms with van der Waals surface area (Å²) in [5, 5.41) is 0. The van der Waals surface area contributed by atoms with Gasteiger partial charge >= 0.3 is 0 Å². The molecule has 0 fully saturated rings. The third-order valence-electron chi connectivity index (χ3n) is 2.76. The van der Waals surface area contributed by atoms with E-state index in [1.165, 1.54) is 0 Å². The Hall–Kier alpha value is -1.35. The summed E-state index contributed by atoms with van der Waals surface area (Å²) in [7, 11) is 0. The molecule has 0 aromatic heterocycles. The summed E-state index contributed by atoms with van der Waals surface area (Å²) >= 11 is 0. The Morgan fingerprint density at radius 1 is 1.22 bits per heavy atom. The topological polar surface area (TPSA) is 52.3 Å². The summed E-state index contributed by atoms with van der Waals surface area (Å²) in [6, 6.07) is 7.28. The number of benzene rings is 1. The van der Waals surface area contributed by atoms with E-state index in [0.717, 1.165) is 25.0 Å². The summed E-state index contributed by atoms with van der Waals surface area (Å²) in [4.78, 5) is 11.9. The zero-order valence-corrected chi connectivity index (χ0v) is 11.3. The maximum atomic E-state index is 11.9. The van der Waals surface area contributed by atoms with Crippen molar-refractivity contribution in [2.45, 2.75) is 45.6 Å². The lowest BCUT2D eigenvalue weighted by Gasteiger charge is -2.09. The molecular formula is C15H23NO2. The molecule has 1 aromatic rings. The first-order valence-electron chi connectivity index (χ1n) is 6.69. The highest BCUT2D eigenvalue weighted by atomic mass is 16.5. The van der Waals surface area contributed by atoms with Gasteiger partial charge in [-0.15, -0.1) is 0 Å². The van der Waals surface area contributed by atoms with Gasteiger partial charge in [-0.2, -0.15) is 0 Å². The average Bonchev–Trinajstić information content (AvgIpc) is 2.37. The summed E-state index contributed by atoms with van der Waals surface area (Å²) < 4.78 is 5.47. The second-order valence-corrected chi connectivity index (χ2v) is 4.55. The van der Waals surface area contributed by atoms with E-state index in [1.54, 1.807) is 0 Å². The maximum absolute atomic E-state index is 11.9. The van der Waals surface area contributed by atoms with E-state index in [1.807, 2.05) is 24.3 Å². The summed E-state index contributed by atoms with van der Waals surface area (Å²) in [5.41, 5.74) is 6.59. The molecule has 0 heterocycles. The molecule has 0 saturated carbocycles. The minimum atomic E-state index is -0.0292. The smallest absolute Gasteiger partial charge is 0.164 e. The third kappa shape index (κ3) is 4.88. The number of carbonyl (C=O) groups excluding carboxylic acids is 1. The van der Waals surface area contributed by atoms with Crippen LogP contribution in [0.5, 0.6) is 5.75 Å². The molecule has 100 valence electrons. The molecule has 0 aliphatic heterocycles. The average molecular weight is 249 g/mol. The van der Waals surface area contributed by atoms with E-state index in [0.29, 0.717) is 18.6 Å². The molecule has 0 spiro atoms. The number of nitrogens with two attached hydrogens (primary N) is 1. The quantitative estimate of drug-likeness (QED) is 0.720. The highest BCUT2D eigenvalue weighted by Gasteiger charge is 2.11. The zero-order valence-electron chi connectivity index (χ0n) is 11.3. The van der Waals surface area contributed by atoms with Crippen molar-refractivity contribution in [1.29, 1.82) is 0 Å². The van der Waals surface area contributed by atoms with Gasteiger partial charge in [-0.05, 0) is 37.1 Å². The molecule has 0 saturated heterocycles. The van der Waals surface area contributed by atoms with E-state index >= 15 is 0 Å². The van der Waals surface area contributed by atoms with Crippen LogP contribution in [0.3, 0.4) is 0 Å². The van der Waals surface area contributed by atoms with Crippen LogP contribution in [0.15, 0.2) is 24.3 Å². The molecule has 1 unspecified atom stereocenters. The van der Waals surface area contributed by atoms with Crippen LogP contribution in [-0.4, -0.2) is 18.4 Å². The molecule has 2 N–H and O–H groups in total. The molecule has 0 aliphatic rings. The summed E-state index contributed by atoms with van der Waals surface area (Å²) in [5.74, 6) is 0.921. The van der Waals surface area contributed by atoms with Gasteiger partial charge in [-0.1, -0.05) is 20.3 Å². The number of carbonyl (C=O) groups is 1. The Labute approximate surface area is 109 Å². The Morgan fingerprint density at radius 3 is 2.44 bits per heavy atom. The maximum Gasteiger partial charge on any atom is 0.164 e. The summed E-state index contributed by atoms with van der Waals surface area (Å²) in [6.45, 7) is 4.84. The lowest BCUT2D eigenvalue weighted by Crippen LogP contribution is -2.23. The van der Waals surface area contributed by atoms with Crippen LogP contribution >= 0.6 is 0 Å². The van der Waals surface area contributed by atoms with Gasteiger partial charge in [0.15, 0.2) is 5.78 Å². The van der Waals surface area contributed by atoms with Crippen LogP contribution in [0.1, 0.15) is 49.9 Å². The first-order chi connectivity index (χ1) is 8.67. The molecule has 0 aliphatic carbocycles. The Kier molecular flexibility index (Phi) is 6.44. The van der Waals surface area contributed by atoms with Crippen molar-refractivity contribution in [3.63, 3.8) is 0 Å². The van der Waals surface area contributed by atoms with Gasteiger partial charge in [0.2, 0.25) is 0 Å². The molecular weight excluding hydrogens is 226 g/mol. The minimum absolute atomic E-state index is 0.0292. The summed E-state index contributed by atoms with van der Waals surface area (Å²) in [6.07, 6.45) is 3.30. The van der Waals surface area contributed by atoms with E-state index in [2.05, 4.69) is 13.8 Å². The standard InChI is InChI=1S/C15H23NO2/c1-3-5-13(16)11-15(17)12-6-8-14(9-7-12)18-10-4-2/h6-9,13H,3-5,10-11,16H2,1-2H3. The predicted octanol–water partition coefficient (Wildman–Crippen LogP) is 3.18. The van der Waals surface area contributed by atoms with Gasteiger partial charge in [-0.3, -0.25) is 4.79 Å².